The van der Waals surface area contributed by atoms with E-state index in [0.717, 1.165) is 35.2 Å². The molecule has 0 heterocycles. The van der Waals surface area contributed by atoms with E-state index >= 15 is 0 Å². The van der Waals surface area contributed by atoms with Gasteiger partial charge < -0.3 is 10.6 Å². The Balaban J connectivity index is 1.80. The first-order chi connectivity index (χ1) is 14.6. The molecule has 0 bridgehead atoms. The molecule has 0 spiro atoms. The molecule has 3 rings (SSSR count). The third kappa shape index (κ3) is 5.35. The molecule has 4 nitrogen and oxygen atoms in total. The van der Waals surface area contributed by atoms with Crippen LogP contribution in [0.4, 0.5) is 5.69 Å². The Bertz CT molecular complexity index is 962. The Morgan fingerprint density at radius 2 is 1.33 bits per heavy atom. The van der Waals surface area contributed by atoms with Gasteiger partial charge in [-0.3, -0.25) is 9.59 Å². The smallest absolute Gasteiger partial charge is 0.251 e. The second-order valence-electron chi connectivity index (χ2n) is 7.21. The third-order valence-electron chi connectivity index (χ3n) is 5.20. The van der Waals surface area contributed by atoms with Gasteiger partial charge in [-0.1, -0.05) is 80.6 Å². The van der Waals surface area contributed by atoms with Gasteiger partial charge >= 0.3 is 0 Å². The van der Waals surface area contributed by atoms with Gasteiger partial charge in [-0.25, -0.2) is 0 Å². The van der Waals surface area contributed by atoms with E-state index < -0.39 is 6.04 Å². The highest BCUT2D eigenvalue weighted by Crippen LogP contribution is 2.24. The predicted molar refractivity (Wildman–Crippen MR) is 122 cm³/mol. The van der Waals surface area contributed by atoms with Crippen LogP contribution in [0.1, 0.15) is 53.4 Å². The molecule has 3 aromatic rings. The molecule has 0 radical (unpaired) electrons. The van der Waals surface area contributed by atoms with Gasteiger partial charge in [0.05, 0.1) is 12.5 Å². The lowest BCUT2D eigenvalue weighted by Gasteiger charge is -2.20. The number of hydrogen-bond acceptors (Lipinski definition) is 2. The summed E-state index contributed by atoms with van der Waals surface area (Å²) in [5.41, 5.74) is 4.60. The lowest BCUT2D eigenvalue weighted by atomic mass is 10.0. The third-order valence-corrected chi connectivity index (χ3v) is 5.20. The number of hydrogen-bond donors (Lipinski definition) is 2. The summed E-state index contributed by atoms with van der Waals surface area (Å²) in [5, 5.41) is 6.13. The standard InChI is InChI=1S/C26H28N2O2/c1-3-19-16-11-17-20(4-2)25(19)28-24(29)18-23(21-12-7-5-8-13-21)27-26(30)22-14-9-6-10-15-22/h5-17,23H,3-4,18H2,1-2H3,(H,27,30)(H,28,29). The molecule has 0 fully saturated rings. The molecule has 4 heteroatoms. The fourth-order valence-electron chi connectivity index (χ4n) is 3.55. The Morgan fingerprint density at radius 1 is 0.767 bits per heavy atom. The van der Waals surface area contributed by atoms with Crippen LogP contribution in [0.25, 0.3) is 0 Å². The quantitative estimate of drug-likeness (QED) is 0.538. The van der Waals surface area contributed by atoms with Crippen molar-refractivity contribution < 1.29 is 9.59 Å². The number of anilines is 1. The molecular weight excluding hydrogens is 372 g/mol. The van der Waals surface area contributed by atoms with Gasteiger partial charge in [0.15, 0.2) is 0 Å². The van der Waals surface area contributed by atoms with Crippen LogP contribution in [0.2, 0.25) is 0 Å². The van der Waals surface area contributed by atoms with Crippen molar-refractivity contribution in [1.29, 1.82) is 0 Å². The van der Waals surface area contributed by atoms with E-state index in [1.165, 1.54) is 0 Å². The van der Waals surface area contributed by atoms with Crippen molar-refractivity contribution in [2.75, 3.05) is 5.32 Å². The average Bonchev–Trinajstić information content (AvgIpc) is 2.79. The zero-order valence-corrected chi connectivity index (χ0v) is 17.5. The SMILES string of the molecule is CCc1cccc(CC)c1NC(=O)CC(NC(=O)c1ccccc1)c1ccccc1. The van der Waals surface area contributed by atoms with Crippen molar-refractivity contribution in [2.45, 2.75) is 39.2 Å². The van der Waals surface area contributed by atoms with E-state index in [4.69, 9.17) is 0 Å². The minimum absolute atomic E-state index is 0.118. The van der Waals surface area contributed by atoms with Crippen molar-refractivity contribution in [3.05, 3.63) is 101 Å². The Kier molecular flexibility index (Phi) is 7.39. The molecule has 0 aliphatic rings. The number of benzene rings is 3. The average molecular weight is 401 g/mol. The molecule has 0 saturated heterocycles. The van der Waals surface area contributed by atoms with Crippen LogP contribution in [-0.4, -0.2) is 11.8 Å². The van der Waals surface area contributed by atoms with Gasteiger partial charge in [0.1, 0.15) is 0 Å². The number of rotatable bonds is 8. The van der Waals surface area contributed by atoms with E-state index in [9.17, 15) is 9.59 Å². The number of aryl methyl sites for hydroxylation is 2. The van der Waals surface area contributed by atoms with Crippen molar-refractivity contribution in [2.24, 2.45) is 0 Å². The predicted octanol–water partition coefficient (Wildman–Crippen LogP) is 5.31. The highest BCUT2D eigenvalue weighted by Gasteiger charge is 2.20. The number of carbonyl (C=O) groups excluding carboxylic acids is 2. The second-order valence-corrected chi connectivity index (χ2v) is 7.21. The van der Waals surface area contributed by atoms with E-state index in [1.54, 1.807) is 12.1 Å². The highest BCUT2D eigenvalue weighted by molar-refractivity contribution is 5.96. The molecule has 2 amide bonds. The van der Waals surface area contributed by atoms with Crippen molar-refractivity contribution >= 4 is 17.5 Å². The molecule has 1 unspecified atom stereocenters. The molecule has 154 valence electrons. The van der Waals surface area contributed by atoms with Crippen LogP contribution < -0.4 is 10.6 Å². The zero-order chi connectivity index (χ0) is 21.3. The maximum atomic E-state index is 13.0. The fourth-order valence-corrected chi connectivity index (χ4v) is 3.55. The molecular formula is C26H28N2O2. The minimum Gasteiger partial charge on any atom is -0.345 e. The normalized spacial score (nSPS) is 11.5. The zero-order valence-electron chi connectivity index (χ0n) is 17.5. The summed E-state index contributed by atoms with van der Waals surface area (Å²) in [7, 11) is 0. The monoisotopic (exact) mass is 400 g/mol. The largest absolute Gasteiger partial charge is 0.345 e. The molecule has 1 atom stereocenters. The summed E-state index contributed by atoms with van der Waals surface area (Å²) in [6.45, 7) is 4.16. The first-order valence-corrected chi connectivity index (χ1v) is 10.4. The molecule has 0 aromatic heterocycles. The van der Waals surface area contributed by atoms with Crippen LogP contribution in [0.3, 0.4) is 0 Å². The Labute approximate surface area is 178 Å². The number of nitrogens with one attached hydrogen (secondary N) is 2. The molecule has 0 aliphatic heterocycles. The Hall–Kier alpha value is -3.40. The molecule has 0 aliphatic carbocycles. The molecule has 2 N–H and O–H groups in total. The van der Waals surface area contributed by atoms with E-state index in [2.05, 4.69) is 24.5 Å². The van der Waals surface area contributed by atoms with Gasteiger partial charge in [-0.2, -0.15) is 0 Å². The van der Waals surface area contributed by atoms with E-state index in [0.29, 0.717) is 5.56 Å². The van der Waals surface area contributed by atoms with Crippen LogP contribution in [0.5, 0.6) is 0 Å². The lowest BCUT2D eigenvalue weighted by Crippen LogP contribution is -2.31. The molecule has 3 aromatic carbocycles. The molecule has 30 heavy (non-hydrogen) atoms. The van der Waals surface area contributed by atoms with E-state index in [1.807, 2.05) is 66.7 Å². The first kappa shape index (κ1) is 21.3. The van der Waals surface area contributed by atoms with Crippen molar-refractivity contribution in [3.8, 4) is 0 Å². The number of carbonyl (C=O) groups is 2. The summed E-state index contributed by atoms with van der Waals surface area (Å²) in [6, 6.07) is 24.4. The van der Waals surface area contributed by atoms with Crippen molar-refractivity contribution in [3.63, 3.8) is 0 Å². The maximum absolute atomic E-state index is 13.0. The van der Waals surface area contributed by atoms with Gasteiger partial charge in [0, 0.05) is 11.3 Å². The Morgan fingerprint density at radius 3 is 1.90 bits per heavy atom. The summed E-state index contributed by atoms with van der Waals surface area (Å²) in [4.78, 5) is 25.7. The summed E-state index contributed by atoms with van der Waals surface area (Å²) in [6.07, 6.45) is 1.84. The van der Waals surface area contributed by atoms with Crippen LogP contribution in [0, 0.1) is 0 Å². The topological polar surface area (TPSA) is 58.2 Å². The fraction of sp³-hybridized carbons (Fsp3) is 0.231. The summed E-state index contributed by atoms with van der Waals surface area (Å²) in [5.74, 6) is -0.312. The number of para-hydroxylation sites is 1. The first-order valence-electron chi connectivity index (χ1n) is 10.4. The van der Waals surface area contributed by atoms with Crippen LogP contribution >= 0.6 is 0 Å². The van der Waals surface area contributed by atoms with Gasteiger partial charge in [-0.15, -0.1) is 0 Å². The van der Waals surface area contributed by atoms with Gasteiger partial charge in [0.2, 0.25) is 5.91 Å². The van der Waals surface area contributed by atoms with E-state index in [-0.39, 0.29) is 18.2 Å². The van der Waals surface area contributed by atoms with Crippen molar-refractivity contribution in [1.82, 2.24) is 5.32 Å². The minimum atomic E-state index is -0.419. The number of amides is 2. The van der Waals surface area contributed by atoms with Crippen LogP contribution in [0.15, 0.2) is 78.9 Å². The highest BCUT2D eigenvalue weighted by atomic mass is 16.2. The van der Waals surface area contributed by atoms with Crippen LogP contribution in [-0.2, 0) is 17.6 Å². The maximum Gasteiger partial charge on any atom is 0.251 e. The second kappa shape index (κ2) is 10.4. The van der Waals surface area contributed by atoms with Gasteiger partial charge in [0.25, 0.3) is 5.91 Å². The van der Waals surface area contributed by atoms with Gasteiger partial charge in [-0.05, 0) is 41.7 Å². The lowest BCUT2D eigenvalue weighted by molar-refractivity contribution is -0.116. The molecule has 0 saturated carbocycles. The summed E-state index contributed by atoms with van der Waals surface area (Å²) < 4.78 is 0. The summed E-state index contributed by atoms with van der Waals surface area (Å²) >= 11 is 0.